The molecule has 0 radical (unpaired) electrons. The van der Waals surface area contributed by atoms with Gasteiger partial charge in [0.15, 0.2) is 0 Å². The summed E-state index contributed by atoms with van der Waals surface area (Å²) in [5.41, 5.74) is 2.78. The third-order valence-electron chi connectivity index (χ3n) is 4.23. The van der Waals surface area contributed by atoms with Gasteiger partial charge in [-0.3, -0.25) is 4.79 Å². The van der Waals surface area contributed by atoms with Crippen LogP contribution in [-0.4, -0.2) is 16.2 Å². The Morgan fingerprint density at radius 1 is 1.15 bits per heavy atom. The minimum Gasteiger partial charge on any atom is -0.507 e. The van der Waals surface area contributed by atoms with Crippen LogP contribution < -0.4 is 51.4 Å². The molecule has 1 aromatic rings. The topological polar surface area (TPSA) is 87.5 Å². The van der Waals surface area contributed by atoms with Crippen LogP contribution in [-0.2, 0) is 15.6 Å². The molecule has 1 aliphatic rings. The molecule has 0 bridgehead atoms. The maximum atomic E-state index is 12.2. The number of carbonyl (C=O) groups is 1. The Balaban J connectivity index is 0.00000364. The molecule has 0 atom stereocenters. The third-order valence-corrected chi connectivity index (χ3v) is 5.28. The zero-order chi connectivity index (χ0) is 19.9. The summed E-state index contributed by atoms with van der Waals surface area (Å²) >= 11 is 1.11. The van der Waals surface area contributed by atoms with Gasteiger partial charge in [-0.05, 0) is 41.0 Å². The fourth-order valence-corrected chi connectivity index (χ4v) is 3.55. The van der Waals surface area contributed by atoms with E-state index in [2.05, 4.69) is 10.3 Å². The Kier molecular flexibility index (Phi) is 7.96. The van der Waals surface area contributed by atoms with Crippen molar-refractivity contribution in [3.8, 4) is 11.9 Å². The summed E-state index contributed by atoms with van der Waals surface area (Å²) in [6.07, 6.45) is 1.66. The second kappa shape index (κ2) is 8.81. The van der Waals surface area contributed by atoms with Crippen LogP contribution in [0.2, 0.25) is 0 Å². The molecule has 0 saturated heterocycles. The number of phenols is 1. The van der Waals surface area contributed by atoms with E-state index in [0.29, 0.717) is 10.7 Å². The Morgan fingerprint density at radius 2 is 1.63 bits per heavy atom. The van der Waals surface area contributed by atoms with Gasteiger partial charge in [-0.2, -0.15) is 0 Å². The van der Waals surface area contributed by atoms with Crippen LogP contribution in [0.15, 0.2) is 22.0 Å². The van der Waals surface area contributed by atoms with Crippen molar-refractivity contribution in [1.82, 2.24) is 0 Å². The Labute approximate surface area is 208 Å². The number of benzene rings is 1. The van der Waals surface area contributed by atoms with Crippen LogP contribution in [0, 0.1) is 11.5 Å². The summed E-state index contributed by atoms with van der Waals surface area (Å²) in [6, 6.07) is 3.86. The fourth-order valence-electron chi connectivity index (χ4n) is 2.75. The summed E-state index contributed by atoms with van der Waals surface area (Å²) < 4.78 is 0. The Hall–Kier alpha value is -0.624. The minimum atomic E-state index is -0.385. The van der Waals surface area contributed by atoms with Crippen molar-refractivity contribution in [3.63, 3.8) is 0 Å². The molecule has 0 spiro atoms. The van der Waals surface area contributed by atoms with Gasteiger partial charge in [0.25, 0.3) is 0 Å². The molecule has 0 fully saturated rings. The van der Waals surface area contributed by atoms with Crippen LogP contribution in [0.1, 0.15) is 65.2 Å². The van der Waals surface area contributed by atoms with Gasteiger partial charge in [-0.1, -0.05) is 53.3 Å². The van der Waals surface area contributed by atoms with E-state index in [1.165, 1.54) is 0 Å². The average Bonchev–Trinajstić information content (AvgIpc) is 2.85. The van der Waals surface area contributed by atoms with Gasteiger partial charge in [-0.15, -0.1) is 0 Å². The van der Waals surface area contributed by atoms with E-state index in [1.54, 1.807) is 6.19 Å². The molecule has 138 valence electrons. The molecular formula is C20H24KN3O2S. The summed E-state index contributed by atoms with van der Waals surface area (Å²) in [7, 11) is 0. The summed E-state index contributed by atoms with van der Waals surface area (Å²) in [6.45, 7) is 14.1. The molecule has 1 amide bonds. The number of carbonyl (C=O) groups excluding carboxylic acids is 1. The minimum absolute atomic E-state index is 0. The summed E-state index contributed by atoms with van der Waals surface area (Å²) in [5, 5.41) is 23.2. The number of phenolic OH excluding ortho intramolecular Hbond substituents is 1. The molecule has 0 unspecified atom stereocenters. The maximum Gasteiger partial charge on any atom is 1.00 e. The second-order valence-corrected chi connectivity index (χ2v) is 9.37. The summed E-state index contributed by atoms with van der Waals surface area (Å²) in [5.74, 6) is -0.0856. The van der Waals surface area contributed by atoms with Gasteiger partial charge < -0.3 is 20.7 Å². The van der Waals surface area contributed by atoms with Crippen molar-refractivity contribution in [1.29, 1.82) is 5.26 Å². The van der Waals surface area contributed by atoms with Crippen LogP contribution in [0.3, 0.4) is 0 Å². The molecule has 5 nitrogen and oxygen atoms in total. The first-order chi connectivity index (χ1) is 11.9. The largest absolute Gasteiger partial charge is 1.00 e. The predicted molar refractivity (Wildman–Crippen MR) is 107 cm³/mol. The molecule has 1 aromatic carbocycles. The van der Waals surface area contributed by atoms with Gasteiger partial charge in [0.2, 0.25) is 5.91 Å². The number of thioether (sulfide) groups is 1. The molecule has 1 aliphatic heterocycles. The molecule has 7 heteroatoms. The second-order valence-electron chi connectivity index (χ2n) is 8.39. The number of amidine groups is 1. The van der Waals surface area contributed by atoms with Crippen LogP contribution in [0.5, 0.6) is 5.75 Å². The number of rotatable bonds is 1. The van der Waals surface area contributed by atoms with Crippen molar-refractivity contribution < 1.29 is 61.3 Å². The number of hydrogen-bond donors (Lipinski definition) is 1. The number of aromatic hydroxyl groups is 1. The van der Waals surface area contributed by atoms with Crippen LogP contribution in [0.25, 0.3) is 10.9 Å². The van der Waals surface area contributed by atoms with Gasteiger partial charge in [0.1, 0.15) is 5.75 Å². The van der Waals surface area contributed by atoms with Crippen LogP contribution >= 0.6 is 11.8 Å². The molecule has 1 N–H and O–H groups in total. The number of aliphatic imine (C=N–C) groups is 1. The number of nitrogens with zero attached hydrogens (tertiary/aromatic N) is 3. The zero-order valence-corrected chi connectivity index (χ0v) is 21.2. The fraction of sp³-hybridized carbons (Fsp3) is 0.450. The SMILES string of the molecule is CC(=C1SC([N-]C#N)=NC1=O)c1cc(C(C)(C)C)c(O)c(C(C)(C)C)c1.[K+]. The van der Waals surface area contributed by atoms with Gasteiger partial charge in [0, 0.05) is 17.3 Å². The van der Waals surface area contributed by atoms with Crippen LogP contribution in [0.4, 0.5) is 0 Å². The number of hydrogen-bond acceptors (Lipinski definition) is 4. The molecule has 0 aliphatic carbocycles. The van der Waals surface area contributed by atoms with E-state index in [-0.39, 0.29) is 73.3 Å². The molecule has 1 heterocycles. The molecule has 27 heavy (non-hydrogen) atoms. The van der Waals surface area contributed by atoms with E-state index < -0.39 is 0 Å². The normalized spacial score (nSPS) is 16.4. The van der Waals surface area contributed by atoms with E-state index in [1.807, 2.05) is 60.6 Å². The van der Waals surface area contributed by atoms with Gasteiger partial charge in [-0.25, -0.2) is 0 Å². The Morgan fingerprint density at radius 3 is 2.04 bits per heavy atom. The van der Waals surface area contributed by atoms with Gasteiger partial charge >= 0.3 is 51.4 Å². The molecular weight excluding hydrogens is 385 g/mol. The predicted octanol–water partition coefficient (Wildman–Crippen LogP) is 2.21. The molecule has 2 rings (SSSR count). The number of nitriles is 1. The maximum absolute atomic E-state index is 12.2. The zero-order valence-electron chi connectivity index (χ0n) is 17.3. The van der Waals surface area contributed by atoms with Crippen molar-refractivity contribution >= 4 is 28.4 Å². The van der Waals surface area contributed by atoms with E-state index >= 15 is 0 Å². The number of allylic oxidation sites excluding steroid dienone is 1. The summed E-state index contributed by atoms with van der Waals surface area (Å²) in [4.78, 5) is 16.5. The standard InChI is InChI=1S/C20H25N3O2S.K/c1-11(16-17(25)23-18(26-16)22-10-21)12-8-13(19(2,3)4)15(24)14(9-12)20(5,6)7;/h8-9H,1-7H3,(H2,22,23,24,25);/q;+1/p-1. The smallest absolute Gasteiger partial charge is 0.507 e. The van der Waals surface area contributed by atoms with E-state index in [4.69, 9.17) is 5.26 Å². The van der Waals surface area contributed by atoms with Crippen molar-refractivity contribution in [2.75, 3.05) is 0 Å². The third kappa shape index (κ3) is 5.46. The van der Waals surface area contributed by atoms with E-state index in [0.717, 1.165) is 34.0 Å². The van der Waals surface area contributed by atoms with Gasteiger partial charge in [0.05, 0.1) is 10.1 Å². The first-order valence-corrected chi connectivity index (χ1v) is 9.18. The number of amides is 1. The molecule has 0 aromatic heterocycles. The first-order valence-electron chi connectivity index (χ1n) is 8.36. The quantitative estimate of drug-likeness (QED) is 0.438. The van der Waals surface area contributed by atoms with Crippen molar-refractivity contribution in [2.45, 2.75) is 59.3 Å². The molecule has 0 saturated carbocycles. The Bertz CT molecular complexity index is 834. The van der Waals surface area contributed by atoms with Crippen molar-refractivity contribution in [2.24, 2.45) is 4.99 Å². The average molecular weight is 410 g/mol. The van der Waals surface area contributed by atoms with E-state index in [9.17, 15) is 9.90 Å². The monoisotopic (exact) mass is 409 g/mol. The van der Waals surface area contributed by atoms with Crippen molar-refractivity contribution in [3.05, 3.63) is 39.0 Å². The first kappa shape index (κ1) is 24.4.